The largest absolute Gasteiger partial charge is 0.324 e. The number of isocyanates is 1. The zero-order chi connectivity index (χ0) is 11.6. The fraction of sp³-hybridized carbons (Fsp3) is 0.429. The Labute approximate surface area is 89.8 Å². The third kappa shape index (κ3) is 1.62. The van der Waals surface area contributed by atoms with E-state index in [1.807, 2.05) is 0 Å². The van der Waals surface area contributed by atoms with Crippen molar-refractivity contribution in [2.24, 2.45) is 9.98 Å². The van der Waals surface area contributed by atoms with Crippen LogP contribution < -0.4 is 5.32 Å². The first kappa shape index (κ1) is 11.4. The van der Waals surface area contributed by atoms with E-state index in [0.717, 1.165) is 11.0 Å². The lowest BCUT2D eigenvalue weighted by Crippen LogP contribution is -2.48. The van der Waals surface area contributed by atoms with Crippen LogP contribution in [0.15, 0.2) is 9.98 Å². The van der Waals surface area contributed by atoms with Crippen molar-refractivity contribution in [1.82, 2.24) is 10.2 Å². The number of urea groups is 1. The van der Waals surface area contributed by atoms with Gasteiger partial charge >= 0.3 is 11.9 Å². The summed E-state index contributed by atoms with van der Waals surface area (Å²) in [4.78, 5) is 38.2. The molecule has 1 atom stereocenters. The van der Waals surface area contributed by atoms with E-state index in [1.54, 1.807) is 0 Å². The lowest BCUT2D eigenvalue weighted by molar-refractivity contribution is -0.119. The van der Waals surface area contributed by atoms with Crippen LogP contribution in [0.1, 0.15) is 0 Å². The maximum absolute atomic E-state index is 11.3. The van der Waals surface area contributed by atoms with Gasteiger partial charge in [-0.2, -0.15) is 0 Å². The molecular formula is C7H7ClN4O3. The molecule has 7 nitrogen and oxygen atoms in total. The highest BCUT2D eigenvalue weighted by atomic mass is 35.5. The van der Waals surface area contributed by atoms with Crippen LogP contribution in [-0.4, -0.2) is 47.8 Å². The second-order valence-corrected chi connectivity index (χ2v) is 3.27. The Morgan fingerprint density at radius 1 is 1.67 bits per heavy atom. The molecule has 1 aliphatic heterocycles. The molecule has 0 aromatic heterocycles. The predicted molar refractivity (Wildman–Crippen MR) is 51.4 cm³/mol. The summed E-state index contributed by atoms with van der Waals surface area (Å²) in [5.74, 6) is -1.05. The van der Waals surface area contributed by atoms with Gasteiger partial charge in [-0.3, -0.25) is 14.7 Å². The van der Waals surface area contributed by atoms with Gasteiger partial charge in [0, 0.05) is 14.1 Å². The summed E-state index contributed by atoms with van der Waals surface area (Å²) in [5.41, 5.74) is 0. The SMILES string of the molecule is CN=C1N(C)C(=O)NC1(Cl)C(=O)N=C=O. The van der Waals surface area contributed by atoms with Crippen LogP contribution >= 0.6 is 11.6 Å². The average molecular weight is 231 g/mol. The molecule has 1 N–H and O–H groups in total. The Hall–Kier alpha value is -1.72. The molecule has 0 bridgehead atoms. The summed E-state index contributed by atoms with van der Waals surface area (Å²) in [5, 5.41) is 2.17. The molecule has 1 saturated heterocycles. The second kappa shape index (κ2) is 3.80. The summed E-state index contributed by atoms with van der Waals surface area (Å²) in [7, 11) is 2.75. The highest BCUT2D eigenvalue weighted by molar-refractivity contribution is 6.50. The zero-order valence-electron chi connectivity index (χ0n) is 7.94. The highest BCUT2D eigenvalue weighted by Crippen LogP contribution is 2.23. The van der Waals surface area contributed by atoms with E-state index < -0.39 is 16.9 Å². The monoisotopic (exact) mass is 230 g/mol. The molecule has 1 fully saturated rings. The summed E-state index contributed by atoms with van der Waals surface area (Å²) < 4.78 is 0. The van der Waals surface area contributed by atoms with E-state index in [1.165, 1.54) is 14.1 Å². The molecule has 0 radical (unpaired) electrons. The molecule has 0 aromatic rings. The fourth-order valence-corrected chi connectivity index (χ4v) is 1.52. The number of likely N-dealkylation sites (N-methyl/N-ethyl adjacent to an activating group) is 1. The minimum Gasteiger partial charge on any atom is -0.304 e. The number of amidine groups is 1. The standard InChI is InChI=1S/C7H7ClN4O3/c1-9-4-7(8,5(14)10-3-13)11-6(15)12(4)2/h1-2H3,(H,11,15). The third-order valence-corrected chi connectivity index (χ3v) is 2.29. The number of halogens is 1. The Balaban J connectivity index is 3.20. The van der Waals surface area contributed by atoms with Crippen molar-refractivity contribution >= 4 is 35.5 Å². The molecule has 3 amide bonds. The number of rotatable bonds is 1. The number of alkyl halides is 1. The Morgan fingerprint density at radius 3 is 2.73 bits per heavy atom. The summed E-state index contributed by atoms with van der Waals surface area (Å²) in [6.45, 7) is 0. The lowest BCUT2D eigenvalue weighted by atomic mass is 10.2. The molecule has 0 saturated carbocycles. The van der Waals surface area contributed by atoms with Crippen LogP contribution in [0.25, 0.3) is 0 Å². The van der Waals surface area contributed by atoms with E-state index in [2.05, 4.69) is 15.3 Å². The van der Waals surface area contributed by atoms with Crippen LogP contribution in [0.5, 0.6) is 0 Å². The molecule has 1 heterocycles. The number of carbonyl (C=O) groups excluding carboxylic acids is 3. The average Bonchev–Trinajstić information content (AvgIpc) is 2.39. The van der Waals surface area contributed by atoms with Crippen molar-refractivity contribution in [2.45, 2.75) is 5.00 Å². The molecular weight excluding hydrogens is 224 g/mol. The van der Waals surface area contributed by atoms with Crippen LogP contribution in [0.2, 0.25) is 0 Å². The van der Waals surface area contributed by atoms with E-state index in [-0.39, 0.29) is 5.84 Å². The van der Waals surface area contributed by atoms with Gasteiger partial charge in [-0.15, -0.1) is 4.99 Å². The predicted octanol–water partition coefficient (Wildman–Crippen LogP) is -0.533. The summed E-state index contributed by atoms with van der Waals surface area (Å²) >= 11 is 5.83. The van der Waals surface area contributed by atoms with Gasteiger partial charge in [0.1, 0.15) is 0 Å². The van der Waals surface area contributed by atoms with Crippen molar-refractivity contribution in [1.29, 1.82) is 0 Å². The van der Waals surface area contributed by atoms with Gasteiger partial charge < -0.3 is 5.32 Å². The second-order valence-electron chi connectivity index (χ2n) is 2.70. The van der Waals surface area contributed by atoms with Crippen molar-refractivity contribution in [3.8, 4) is 0 Å². The first-order valence-corrected chi connectivity index (χ1v) is 4.19. The minimum absolute atomic E-state index is 0.0156. The van der Waals surface area contributed by atoms with Crippen molar-refractivity contribution < 1.29 is 14.4 Å². The van der Waals surface area contributed by atoms with E-state index in [9.17, 15) is 14.4 Å². The molecule has 8 heteroatoms. The maximum atomic E-state index is 11.3. The van der Waals surface area contributed by atoms with Crippen LogP contribution in [0, 0.1) is 0 Å². The summed E-state index contributed by atoms with van der Waals surface area (Å²) in [6, 6.07) is -0.597. The van der Waals surface area contributed by atoms with Crippen LogP contribution in [0.3, 0.4) is 0 Å². The lowest BCUT2D eigenvalue weighted by Gasteiger charge is -2.16. The van der Waals surface area contributed by atoms with E-state index >= 15 is 0 Å². The number of nitrogens with zero attached hydrogens (tertiary/aromatic N) is 3. The van der Waals surface area contributed by atoms with Crippen molar-refractivity contribution in [3.05, 3.63) is 0 Å². The zero-order valence-corrected chi connectivity index (χ0v) is 8.70. The number of amides is 3. The van der Waals surface area contributed by atoms with Crippen LogP contribution in [-0.2, 0) is 9.59 Å². The first-order chi connectivity index (χ1) is 6.97. The molecule has 0 aliphatic carbocycles. The number of carbonyl (C=O) groups is 2. The quantitative estimate of drug-likeness (QED) is 0.284. The smallest absolute Gasteiger partial charge is 0.304 e. The molecule has 1 unspecified atom stereocenters. The van der Waals surface area contributed by atoms with Gasteiger partial charge in [0.05, 0.1) is 0 Å². The first-order valence-electron chi connectivity index (χ1n) is 3.81. The van der Waals surface area contributed by atoms with Gasteiger partial charge in [-0.25, -0.2) is 9.59 Å². The fourth-order valence-electron chi connectivity index (χ4n) is 1.19. The summed E-state index contributed by atoms with van der Waals surface area (Å²) in [6.07, 6.45) is 1.06. The molecule has 0 spiro atoms. The molecule has 1 rings (SSSR count). The van der Waals surface area contributed by atoms with Gasteiger partial charge in [0.25, 0.3) is 5.00 Å². The Kier molecular flexibility index (Phi) is 2.88. The molecule has 1 aliphatic rings. The van der Waals surface area contributed by atoms with E-state index in [0.29, 0.717) is 0 Å². The Morgan fingerprint density at radius 2 is 2.27 bits per heavy atom. The van der Waals surface area contributed by atoms with E-state index in [4.69, 9.17) is 11.6 Å². The van der Waals surface area contributed by atoms with Crippen molar-refractivity contribution in [2.75, 3.05) is 14.1 Å². The van der Waals surface area contributed by atoms with Crippen LogP contribution in [0.4, 0.5) is 4.79 Å². The molecule has 80 valence electrons. The van der Waals surface area contributed by atoms with Gasteiger partial charge in [-0.05, 0) is 0 Å². The molecule has 15 heavy (non-hydrogen) atoms. The van der Waals surface area contributed by atoms with Gasteiger partial charge in [0.2, 0.25) is 6.08 Å². The maximum Gasteiger partial charge on any atom is 0.324 e. The number of aliphatic imine (C=N–C) groups is 2. The number of hydrogen-bond acceptors (Lipinski definition) is 4. The van der Waals surface area contributed by atoms with Gasteiger partial charge in [-0.1, -0.05) is 11.6 Å². The Bertz CT molecular complexity index is 401. The normalized spacial score (nSPS) is 27.5. The molecule has 0 aromatic carbocycles. The highest BCUT2D eigenvalue weighted by Gasteiger charge is 2.52. The topological polar surface area (TPSA) is 91.2 Å². The number of hydrogen-bond donors (Lipinski definition) is 1. The van der Waals surface area contributed by atoms with Crippen molar-refractivity contribution in [3.63, 3.8) is 0 Å². The number of nitrogens with one attached hydrogen (secondary N) is 1. The third-order valence-electron chi connectivity index (χ3n) is 1.86. The minimum atomic E-state index is -1.90. The van der Waals surface area contributed by atoms with Gasteiger partial charge in [0.15, 0.2) is 5.84 Å².